The third kappa shape index (κ3) is 7.94. The summed E-state index contributed by atoms with van der Waals surface area (Å²) >= 11 is 1.24. The fourth-order valence-electron chi connectivity index (χ4n) is 5.10. The quantitative estimate of drug-likeness (QED) is 0.217. The average molecular weight is 759 g/mol. The lowest BCUT2D eigenvalue weighted by molar-refractivity contribution is -0.121. The number of carboxylic acid groups (broad SMARTS) is 1. The van der Waals surface area contributed by atoms with Crippen molar-refractivity contribution in [3.63, 3.8) is 0 Å². The van der Waals surface area contributed by atoms with E-state index >= 15 is 0 Å². The monoisotopic (exact) mass is 758 g/mol. The summed E-state index contributed by atoms with van der Waals surface area (Å²) in [4.78, 5) is 49.2. The van der Waals surface area contributed by atoms with Gasteiger partial charge in [-0.1, -0.05) is 19.8 Å². The molecule has 274 valence electrons. The molecule has 0 fully saturated rings. The van der Waals surface area contributed by atoms with Gasteiger partial charge in [0.25, 0.3) is 15.9 Å². The Kier molecular flexibility index (Phi) is 10.5. The van der Waals surface area contributed by atoms with Crippen molar-refractivity contribution in [2.75, 3.05) is 37.6 Å². The number of hydrogen-bond acceptors (Lipinski definition) is 14. The highest BCUT2D eigenvalue weighted by Crippen LogP contribution is 2.37. The Bertz CT molecular complexity index is 2270. The summed E-state index contributed by atoms with van der Waals surface area (Å²) in [5.41, 5.74) is 0.0874. The van der Waals surface area contributed by atoms with E-state index in [1.807, 2.05) is 4.57 Å². The number of aromatic carboxylic acids is 1. The van der Waals surface area contributed by atoms with Crippen LogP contribution in [0.25, 0.3) is 0 Å². The number of rotatable bonds is 8. The van der Waals surface area contributed by atoms with Crippen LogP contribution in [-0.2, 0) is 34.8 Å². The number of nitrogens with one attached hydrogen (secondary N) is 2. The molecule has 19 nitrogen and oxygen atoms in total. The van der Waals surface area contributed by atoms with Crippen molar-refractivity contribution in [3.8, 4) is 29.9 Å². The first-order valence-corrected chi connectivity index (χ1v) is 17.2. The molecule has 2 aliphatic rings. The molecule has 3 aromatic heterocycles. The van der Waals surface area contributed by atoms with Gasteiger partial charge in [-0.05, 0) is 11.5 Å². The molecule has 0 aliphatic carbocycles. The van der Waals surface area contributed by atoms with Crippen molar-refractivity contribution in [2.45, 2.75) is 31.8 Å². The number of carbonyl (C=O) groups is 3. The van der Waals surface area contributed by atoms with Crippen molar-refractivity contribution in [3.05, 3.63) is 46.4 Å². The number of sulfonamides is 1. The number of fused-ring (bicyclic) bond motifs is 2. The molecular weight excluding hydrogens is 728 g/mol. The molecule has 4 aromatic rings. The molecule has 3 amide bonds. The van der Waals surface area contributed by atoms with E-state index < -0.39 is 38.4 Å². The number of terminal acetylenes is 1. The van der Waals surface area contributed by atoms with Gasteiger partial charge in [-0.25, -0.2) is 23.7 Å². The Balaban J connectivity index is 0.000000201. The maximum atomic E-state index is 14.5. The van der Waals surface area contributed by atoms with Crippen molar-refractivity contribution >= 4 is 56.8 Å². The highest BCUT2D eigenvalue weighted by atomic mass is 32.2. The normalized spacial score (nSPS) is 14.6. The number of anilines is 2. The Morgan fingerprint density at radius 2 is 1.90 bits per heavy atom. The topological polar surface area (TPSA) is 234 Å². The van der Waals surface area contributed by atoms with E-state index in [9.17, 15) is 27.2 Å². The van der Waals surface area contributed by atoms with Crippen LogP contribution in [0.15, 0.2) is 34.4 Å². The minimum Gasteiger partial charge on any atom is -0.481 e. The Labute approximate surface area is 299 Å². The number of halogens is 1. The molecule has 5 heterocycles. The number of methoxy groups -OCH3 is 2. The van der Waals surface area contributed by atoms with Crippen LogP contribution in [0.4, 0.5) is 26.5 Å². The van der Waals surface area contributed by atoms with E-state index in [2.05, 4.69) is 49.5 Å². The second kappa shape index (κ2) is 14.6. The molecule has 6 rings (SSSR count). The molecule has 52 heavy (non-hydrogen) atoms. The van der Waals surface area contributed by atoms with Crippen LogP contribution in [0, 0.1) is 23.6 Å². The summed E-state index contributed by atoms with van der Waals surface area (Å²) in [6, 6.07) is 2.87. The molecule has 3 N–H and O–H groups in total. The molecule has 0 bridgehead atoms. The molecule has 2 aliphatic heterocycles. The van der Waals surface area contributed by atoms with Crippen LogP contribution in [-0.4, -0.2) is 87.5 Å². The molecule has 0 unspecified atom stereocenters. The summed E-state index contributed by atoms with van der Waals surface area (Å²) in [5, 5.41) is 14.0. The first-order chi connectivity index (χ1) is 24.5. The number of benzene rings is 1. The van der Waals surface area contributed by atoms with Crippen LogP contribution >= 0.6 is 11.5 Å². The predicted molar refractivity (Wildman–Crippen MR) is 181 cm³/mol. The fraction of sp³-hybridized carbons (Fsp3) is 0.333. The van der Waals surface area contributed by atoms with Gasteiger partial charge < -0.3 is 23.9 Å². The van der Waals surface area contributed by atoms with E-state index in [1.54, 1.807) is 4.72 Å². The van der Waals surface area contributed by atoms with Gasteiger partial charge in [0.15, 0.2) is 17.5 Å². The summed E-state index contributed by atoms with van der Waals surface area (Å²) < 4.78 is 63.2. The number of aromatic nitrogens is 6. The summed E-state index contributed by atoms with van der Waals surface area (Å²) in [6.07, 6.45) is 7.07. The Hall–Kier alpha value is -6.08. The lowest BCUT2D eigenvalue weighted by atomic mass is 9.92. The van der Waals surface area contributed by atoms with E-state index in [-0.39, 0.29) is 47.9 Å². The Morgan fingerprint density at radius 3 is 2.54 bits per heavy atom. The number of urea groups is 1. The van der Waals surface area contributed by atoms with Gasteiger partial charge in [0.05, 0.1) is 38.7 Å². The second-order valence-corrected chi connectivity index (χ2v) is 14.1. The maximum Gasteiger partial charge on any atom is 0.340 e. The van der Waals surface area contributed by atoms with E-state index in [4.69, 9.17) is 25.7 Å². The van der Waals surface area contributed by atoms with E-state index in [1.165, 1.54) is 55.9 Å². The molecule has 1 aromatic carbocycles. The van der Waals surface area contributed by atoms with Crippen molar-refractivity contribution in [1.29, 1.82) is 0 Å². The van der Waals surface area contributed by atoms with Crippen LogP contribution in [0.3, 0.4) is 0 Å². The lowest BCUT2D eigenvalue weighted by Crippen LogP contribution is -2.39. The maximum absolute atomic E-state index is 14.5. The van der Waals surface area contributed by atoms with Gasteiger partial charge in [0.2, 0.25) is 22.5 Å². The smallest absolute Gasteiger partial charge is 0.340 e. The number of hydrogen-bond donors (Lipinski definition) is 3. The zero-order valence-electron chi connectivity index (χ0n) is 28.2. The summed E-state index contributed by atoms with van der Waals surface area (Å²) in [5.74, 6) is 1.24. The molecule has 0 spiro atoms. The first-order valence-electron chi connectivity index (χ1n) is 14.9. The highest BCUT2D eigenvalue weighted by Gasteiger charge is 2.32. The molecule has 22 heteroatoms. The number of amides is 3. The largest absolute Gasteiger partial charge is 0.481 e. The van der Waals surface area contributed by atoms with Crippen molar-refractivity contribution < 1.29 is 46.5 Å². The van der Waals surface area contributed by atoms with E-state index in [0.717, 1.165) is 29.7 Å². The summed E-state index contributed by atoms with van der Waals surface area (Å²) in [7, 11) is -0.667. The molecule has 0 atom stereocenters. The van der Waals surface area contributed by atoms with Crippen LogP contribution < -0.4 is 34.0 Å². The van der Waals surface area contributed by atoms with Gasteiger partial charge in [-0.15, -0.1) is 6.42 Å². The zero-order valence-corrected chi connectivity index (χ0v) is 29.8. The minimum atomic E-state index is -4.53. The van der Waals surface area contributed by atoms with Gasteiger partial charge in [-0.3, -0.25) is 19.7 Å². The van der Waals surface area contributed by atoms with Crippen LogP contribution in [0.2, 0.25) is 0 Å². The molecule has 0 saturated carbocycles. The standard InChI is InChI=1S/C18H17FN4O2S.C12H14N6O7S/c1-4-5-22-13-7-12(11(19)6-14(13)25-9-16(22)24)20-17-23-10-18(2,3)8-15(23)21-26-17;1-18-9(6(5-13-18)10(19)20)26(22,23)17-12(21)16-11-14-7(24-2)4-8(15-11)25-3/h1,6-7H,5,8-10H2,2-3H3;4-5H,1-3H3,(H,19,20)(H2,14,15,16,17,21)/b20-17-;. The highest BCUT2D eigenvalue weighted by molar-refractivity contribution is 7.90. The SMILES string of the molecule is C#CCN1C(=O)COc2cc(F)c(/N=c3\snc4n3CC(C)(C)C4)cc21.COc1cc(OC)nc(NC(=O)NS(=O)(=O)c2c(C(=O)O)cnn2C)n1. The van der Waals surface area contributed by atoms with E-state index in [0.29, 0.717) is 16.2 Å². The van der Waals surface area contributed by atoms with Crippen molar-refractivity contribution in [1.82, 2.24) is 33.4 Å². The van der Waals surface area contributed by atoms with Gasteiger partial charge in [0, 0.05) is 37.6 Å². The molecule has 0 radical (unpaired) electrons. The van der Waals surface area contributed by atoms with Gasteiger partial charge >= 0.3 is 12.0 Å². The van der Waals surface area contributed by atoms with Gasteiger partial charge in [0.1, 0.15) is 22.8 Å². The van der Waals surface area contributed by atoms with Gasteiger partial charge in [-0.2, -0.15) is 27.9 Å². The average Bonchev–Trinajstić information content (AvgIpc) is 3.74. The first kappa shape index (κ1) is 37.2. The lowest BCUT2D eigenvalue weighted by Gasteiger charge is -2.28. The number of ether oxygens (including phenoxy) is 3. The number of carboxylic acids is 1. The number of carbonyl (C=O) groups excluding carboxylic acids is 2. The third-order valence-electron chi connectivity index (χ3n) is 7.35. The zero-order chi connectivity index (χ0) is 38.0. The predicted octanol–water partition coefficient (Wildman–Crippen LogP) is 1.69. The molecular formula is C30H31FN10O9S2. The summed E-state index contributed by atoms with van der Waals surface area (Å²) in [6.45, 7) is 5.05. The van der Waals surface area contributed by atoms with Crippen LogP contribution in [0.1, 0.15) is 30.0 Å². The number of nitrogens with zero attached hydrogens (tertiary/aromatic N) is 8. The van der Waals surface area contributed by atoms with Crippen LogP contribution in [0.5, 0.6) is 17.5 Å². The third-order valence-corrected chi connectivity index (χ3v) is 9.58. The second-order valence-electron chi connectivity index (χ2n) is 11.8. The minimum absolute atomic E-state index is 0.0646. The van der Waals surface area contributed by atoms with Crippen molar-refractivity contribution in [2.24, 2.45) is 17.5 Å². The Morgan fingerprint density at radius 1 is 1.21 bits per heavy atom. The number of aryl methyl sites for hydroxylation is 1. The molecule has 0 saturated heterocycles. The fourth-order valence-corrected chi connectivity index (χ4v) is 7.08.